The van der Waals surface area contributed by atoms with Crippen molar-refractivity contribution in [1.82, 2.24) is 0 Å². The summed E-state index contributed by atoms with van der Waals surface area (Å²) in [4.78, 5) is 0. The van der Waals surface area contributed by atoms with Crippen LogP contribution in [0.4, 0.5) is 0 Å². The fraction of sp³-hybridized carbons (Fsp3) is 0.667. The highest BCUT2D eigenvalue weighted by Gasteiger charge is 2.16. The lowest BCUT2D eigenvalue weighted by molar-refractivity contribution is 0.00905. The van der Waals surface area contributed by atoms with Crippen LogP contribution in [0, 0.1) is 0 Å². The predicted molar refractivity (Wildman–Crippen MR) is 84.8 cm³/mol. The molecule has 3 heteroatoms. The summed E-state index contributed by atoms with van der Waals surface area (Å²) >= 11 is 0. The third kappa shape index (κ3) is 4.21. The quantitative estimate of drug-likeness (QED) is 0.874. The van der Waals surface area contributed by atoms with Crippen molar-refractivity contribution < 1.29 is 9.47 Å². The number of hydrogen-bond donors (Lipinski definition) is 1. The van der Waals surface area contributed by atoms with Crippen molar-refractivity contribution in [2.45, 2.75) is 63.5 Å². The number of fused-ring (bicyclic) bond motifs is 1. The molecule has 1 aromatic carbocycles. The highest BCUT2D eigenvalue weighted by atomic mass is 16.5. The molecule has 2 heterocycles. The summed E-state index contributed by atoms with van der Waals surface area (Å²) in [7, 11) is 0. The van der Waals surface area contributed by atoms with Gasteiger partial charge in [0.15, 0.2) is 0 Å². The molecule has 0 spiro atoms. The van der Waals surface area contributed by atoms with E-state index in [9.17, 15) is 0 Å². The summed E-state index contributed by atoms with van der Waals surface area (Å²) in [6, 6.07) is 6.87. The molecule has 21 heavy (non-hydrogen) atoms. The highest BCUT2D eigenvalue weighted by molar-refractivity contribution is 5.39. The maximum Gasteiger partial charge on any atom is 0.122 e. The number of benzene rings is 1. The normalized spacial score (nSPS) is 22.6. The van der Waals surface area contributed by atoms with Crippen LogP contribution in [0.15, 0.2) is 18.2 Å². The molecule has 0 amide bonds. The molecule has 2 N–H and O–H groups in total. The molecule has 116 valence electrons. The number of aryl methyl sites for hydroxylation is 1. The molecule has 0 bridgehead atoms. The lowest BCUT2D eigenvalue weighted by Gasteiger charge is -2.23. The summed E-state index contributed by atoms with van der Waals surface area (Å²) < 4.78 is 11.3. The average molecular weight is 289 g/mol. The van der Waals surface area contributed by atoms with Gasteiger partial charge in [0.25, 0.3) is 0 Å². The van der Waals surface area contributed by atoms with E-state index in [-0.39, 0.29) is 0 Å². The highest BCUT2D eigenvalue weighted by Crippen LogP contribution is 2.26. The topological polar surface area (TPSA) is 44.5 Å². The first-order valence-electron chi connectivity index (χ1n) is 8.43. The Morgan fingerprint density at radius 2 is 2.14 bits per heavy atom. The van der Waals surface area contributed by atoms with Crippen molar-refractivity contribution in [2.24, 2.45) is 5.73 Å². The van der Waals surface area contributed by atoms with E-state index in [0.29, 0.717) is 12.1 Å². The van der Waals surface area contributed by atoms with Crippen molar-refractivity contribution in [3.63, 3.8) is 0 Å². The van der Waals surface area contributed by atoms with Gasteiger partial charge in [0.2, 0.25) is 0 Å². The van der Waals surface area contributed by atoms with Crippen LogP contribution in [0.1, 0.15) is 49.7 Å². The Bertz CT molecular complexity index is 455. The van der Waals surface area contributed by atoms with Gasteiger partial charge in [-0.15, -0.1) is 0 Å². The van der Waals surface area contributed by atoms with Gasteiger partial charge in [-0.25, -0.2) is 0 Å². The van der Waals surface area contributed by atoms with E-state index in [1.807, 2.05) is 0 Å². The van der Waals surface area contributed by atoms with Crippen molar-refractivity contribution in [2.75, 3.05) is 13.2 Å². The van der Waals surface area contributed by atoms with Gasteiger partial charge in [0, 0.05) is 19.1 Å². The van der Waals surface area contributed by atoms with Crippen LogP contribution in [0.3, 0.4) is 0 Å². The number of nitrogens with two attached hydrogens (primary N) is 1. The Hall–Kier alpha value is -1.06. The molecular weight excluding hydrogens is 262 g/mol. The van der Waals surface area contributed by atoms with Crippen molar-refractivity contribution in [1.29, 1.82) is 0 Å². The Balaban J connectivity index is 1.40. The maximum atomic E-state index is 6.27. The Labute approximate surface area is 127 Å². The van der Waals surface area contributed by atoms with Crippen LogP contribution < -0.4 is 10.5 Å². The zero-order valence-corrected chi connectivity index (χ0v) is 12.9. The van der Waals surface area contributed by atoms with Crippen LogP contribution in [0.2, 0.25) is 0 Å². The Morgan fingerprint density at radius 1 is 1.19 bits per heavy atom. The van der Waals surface area contributed by atoms with Crippen LogP contribution >= 0.6 is 0 Å². The minimum absolute atomic E-state index is 0.292. The molecule has 1 fully saturated rings. The van der Waals surface area contributed by atoms with E-state index in [4.69, 9.17) is 15.2 Å². The van der Waals surface area contributed by atoms with Gasteiger partial charge in [0.1, 0.15) is 5.75 Å². The third-order valence-electron chi connectivity index (χ3n) is 4.69. The Kier molecular flexibility index (Phi) is 5.15. The predicted octanol–water partition coefficient (Wildman–Crippen LogP) is 3.23. The molecule has 2 aliphatic rings. The van der Waals surface area contributed by atoms with Gasteiger partial charge < -0.3 is 15.2 Å². The second-order valence-corrected chi connectivity index (χ2v) is 6.41. The molecule has 1 aromatic rings. The number of hydrogen-bond acceptors (Lipinski definition) is 3. The minimum atomic E-state index is 0.292. The van der Waals surface area contributed by atoms with Crippen LogP contribution in [0.25, 0.3) is 0 Å². The average Bonchev–Trinajstić information content (AvgIpc) is 2.99. The smallest absolute Gasteiger partial charge is 0.122 e. The molecule has 2 atom stereocenters. The first-order chi connectivity index (χ1) is 10.3. The molecule has 1 saturated heterocycles. The second-order valence-electron chi connectivity index (χ2n) is 6.41. The fourth-order valence-electron chi connectivity index (χ4n) is 3.33. The largest absolute Gasteiger partial charge is 0.493 e. The van der Waals surface area contributed by atoms with E-state index >= 15 is 0 Å². The first-order valence-corrected chi connectivity index (χ1v) is 8.43. The molecule has 2 unspecified atom stereocenters. The summed E-state index contributed by atoms with van der Waals surface area (Å²) in [5, 5.41) is 0. The molecule has 2 aliphatic heterocycles. The fourth-order valence-corrected chi connectivity index (χ4v) is 3.33. The molecule has 0 radical (unpaired) electrons. The van der Waals surface area contributed by atoms with Crippen LogP contribution in [-0.2, 0) is 17.6 Å². The van der Waals surface area contributed by atoms with Crippen molar-refractivity contribution in [3.8, 4) is 5.75 Å². The number of rotatable bonds is 6. The summed E-state index contributed by atoms with van der Waals surface area (Å²) in [5.74, 6) is 1.07. The van der Waals surface area contributed by atoms with Crippen molar-refractivity contribution in [3.05, 3.63) is 29.3 Å². The molecular formula is C18H27NO2. The summed E-state index contributed by atoms with van der Waals surface area (Å²) in [6.07, 6.45) is 9.61. The van der Waals surface area contributed by atoms with E-state index in [0.717, 1.165) is 51.1 Å². The van der Waals surface area contributed by atoms with E-state index in [2.05, 4.69) is 18.2 Å². The molecule has 3 nitrogen and oxygen atoms in total. The van der Waals surface area contributed by atoms with E-state index in [1.54, 1.807) is 0 Å². The standard InChI is InChI=1S/C18H27NO2/c19-16(7-8-17-3-1-2-11-20-17)6-4-14-5-9-18-15(13-14)10-12-21-18/h5,9,13,16-17H,1-4,6-8,10-12,19H2. The van der Waals surface area contributed by atoms with Crippen LogP contribution in [0.5, 0.6) is 5.75 Å². The SMILES string of the molecule is NC(CCc1ccc2c(c1)CCO2)CCC1CCCCO1. The monoisotopic (exact) mass is 289 g/mol. The zero-order valence-electron chi connectivity index (χ0n) is 12.9. The minimum Gasteiger partial charge on any atom is -0.493 e. The first kappa shape index (κ1) is 14.9. The second kappa shape index (κ2) is 7.28. The van der Waals surface area contributed by atoms with Gasteiger partial charge in [-0.3, -0.25) is 0 Å². The van der Waals surface area contributed by atoms with Gasteiger partial charge in [-0.2, -0.15) is 0 Å². The molecule has 0 aliphatic carbocycles. The van der Waals surface area contributed by atoms with Gasteiger partial charge in [-0.05, 0) is 62.1 Å². The zero-order chi connectivity index (χ0) is 14.5. The summed E-state index contributed by atoms with van der Waals surface area (Å²) in [6.45, 7) is 1.77. The molecule has 0 aromatic heterocycles. The lowest BCUT2D eigenvalue weighted by atomic mass is 9.97. The maximum absolute atomic E-state index is 6.27. The van der Waals surface area contributed by atoms with E-state index in [1.165, 1.54) is 30.4 Å². The van der Waals surface area contributed by atoms with Gasteiger partial charge in [0.05, 0.1) is 12.7 Å². The third-order valence-corrected chi connectivity index (χ3v) is 4.69. The van der Waals surface area contributed by atoms with E-state index < -0.39 is 0 Å². The lowest BCUT2D eigenvalue weighted by Crippen LogP contribution is -2.25. The molecule has 0 saturated carbocycles. The number of ether oxygens (including phenoxy) is 2. The van der Waals surface area contributed by atoms with Crippen molar-refractivity contribution >= 4 is 0 Å². The summed E-state index contributed by atoms with van der Waals surface area (Å²) in [5.41, 5.74) is 9.02. The van der Waals surface area contributed by atoms with Crippen LogP contribution in [-0.4, -0.2) is 25.4 Å². The van der Waals surface area contributed by atoms with Gasteiger partial charge >= 0.3 is 0 Å². The Morgan fingerprint density at radius 3 is 3.00 bits per heavy atom. The molecule has 3 rings (SSSR count). The van der Waals surface area contributed by atoms with Gasteiger partial charge in [-0.1, -0.05) is 12.1 Å².